The molecule has 2 saturated heterocycles. The molecule has 2 atom stereocenters. The third-order valence-corrected chi connectivity index (χ3v) is 5.11. The minimum Gasteiger partial charge on any atom is -0.392 e. The Labute approximate surface area is 137 Å². The van der Waals surface area contributed by atoms with E-state index in [9.17, 15) is 4.79 Å². The van der Waals surface area contributed by atoms with E-state index in [4.69, 9.17) is 14.6 Å². The van der Waals surface area contributed by atoms with Crippen molar-refractivity contribution < 1.29 is 19.4 Å². The van der Waals surface area contributed by atoms with Crippen LogP contribution in [-0.4, -0.2) is 54.9 Å². The van der Waals surface area contributed by atoms with Crippen molar-refractivity contribution in [3.8, 4) is 0 Å². The molecule has 1 aromatic rings. The first-order valence-corrected chi connectivity index (χ1v) is 8.30. The highest BCUT2D eigenvalue weighted by molar-refractivity contribution is 5.86. The average molecular weight is 319 g/mol. The molecule has 5 heteroatoms. The molecule has 0 aromatic heterocycles. The van der Waals surface area contributed by atoms with Crippen LogP contribution in [0.15, 0.2) is 24.3 Å². The number of aliphatic hydroxyl groups is 1. The van der Waals surface area contributed by atoms with Crippen molar-refractivity contribution in [3.05, 3.63) is 35.4 Å². The molecular formula is C18H25NO4. The number of carbonyl (C=O) groups is 1. The van der Waals surface area contributed by atoms with Gasteiger partial charge in [-0.15, -0.1) is 0 Å². The monoisotopic (exact) mass is 319 g/mol. The van der Waals surface area contributed by atoms with Crippen LogP contribution in [0.25, 0.3) is 0 Å². The van der Waals surface area contributed by atoms with Crippen LogP contribution in [0.1, 0.15) is 36.3 Å². The Morgan fingerprint density at radius 3 is 2.83 bits per heavy atom. The highest BCUT2D eigenvalue weighted by Gasteiger charge is 2.45. The molecule has 2 aliphatic heterocycles. The van der Waals surface area contributed by atoms with Gasteiger partial charge in [0.05, 0.1) is 19.8 Å². The SMILES string of the molecule is COC1(C(=O)N2CCCC(c3ccc(CO)cc3)C2)CCOC1. The molecule has 2 fully saturated rings. The molecule has 2 aliphatic rings. The molecule has 1 amide bonds. The van der Waals surface area contributed by atoms with Crippen LogP contribution in [-0.2, 0) is 20.9 Å². The number of amides is 1. The van der Waals surface area contributed by atoms with Gasteiger partial charge in [0.15, 0.2) is 5.60 Å². The Morgan fingerprint density at radius 1 is 1.43 bits per heavy atom. The molecule has 2 unspecified atom stereocenters. The maximum atomic E-state index is 12.9. The van der Waals surface area contributed by atoms with Crippen LogP contribution in [0.5, 0.6) is 0 Å². The van der Waals surface area contributed by atoms with E-state index in [-0.39, 0.29) is 12.5 Å². The second-order valence-electron chi connectivity index (χ2n) is 6.49. The Kier molecular flexibility index (Phi) is 4.99. The van der Waals surface area contributed by atoms with Gasteiger partial charge in [0.1, 0.15) is 0 Å². The smallest absolute Gasteiger partial charge is 0.257 e. The van der Waals surface area contributed by atoms with Crippen LogP contribution in [0.4, 0.5) is 0 Å². The fourth-order valence-electron chi connectivity index (χ4n) is 3.58. The summed E-state index contributed by atoms with van der Waals surface area (Å²) in [6.07, 6.45) is 2.71. The van der Waals surface area contributed by atoms with Gasteiger partial charge in [-0.2, -0.15) is 0 Å². The topological polar surface area (TPSA) is 59.0 Å². The Bertz CT molecular complexity index is 536. The van der Waals surface area contributed by atoms with Crippen LogP contribution >= 0.6 is 0 Å². The molecule has 1 N–H and O–H groups in total. The van der Waals surface area contributed by atoms with Crippen molar-refractivity contribution in [2.24, 2.45) is 0 Å². The van der Waals surface area contributed by atoms with Crippen LogP contribution in [0, 0.1) is 0 Å². The zero-order valence-electron chi connectivity index (χ0n) is 13.7. The van der Waals surface area contributed by atoms with Gasteiger partial charge in [-0.05, 0) is 24.0 Å². The number of likely N-dealkylation sites (tertiary alicyclic amines) is 1. The molecule has 3 rings (SSSR count). The lowest BCUT2D eigenvalue weighted by Crippen LogP contribution is -2.53. The zero-order chi connectivity index (χ0) is 16.3. The number of rotatable bonds is 4. The van der Waals surface area contributed by atoms with Gasteiger partial charge in [-0.25, -0.2) is 0 Å². The summed E-state index contributed by atoms with van der Waals surface area (Å²) in [6, 6.07) is 8.04. The summed E-state index contributed by atoms with van der Waals surface area (Å²) >= 11 is 0. The molecule has 126 valence electrons. The summed E-state index contributed by atoms with van der Waals surface area (Å²) in [5, 5.41) is 9.15. The number of methoxy groups -OCH3 is 1. The molecule has 5 nitrogen and oxygen atoms in total. The first kappa shape index (κ1) is 16.4. The quantitative estimate of drug-likeness (QED) is 0.917. The van der Waals surface area contributed by atoms with Crippen molar-refractivity contribution in [1.29, 1.82) is 0 Å². The van der Waals surface area contributed by atoms with Gasteiger partial charge in [-0.1, -0.05) is 24.3 Å². The minimum atomic E-state index is -0.789. The largest absolute Gasteiger partial charge is 0.392 e. The second kappa shape index (κ2) is 6.99. The number of hydrogen-bond donors (Lipinski definition) is 1. The van der Waals surface area contributed by atoms with Gasteiger partial charge in [0.25, 0.3) is 5.91 Å². The number of ether oxygens (including phenoxy) is 2. The van der Waals surface area contributed by atoms with Gasteiger partial charge < -0.3 is 19.5 Å². The molecule has 23 heavy (non-hydrogen) atoms. The Morgan fingerprint density at radius 2 is 2.22 bits per heavy atom. The summed E-state index contributed by atoms with van der Waals surface area (Å²) in [6.45, 7) is 2.51. The fraction of sp³-hybridized carbons (Fsp3) is 0.611. The number of aliphatic hydroxyl groups excluding tert-OH is 1. The summed E-state index contributed by atoms with van der Waals surface area (Å²) < 4.78 is 10.9. The van der Waals surface area contributed by atoms with Gasteiger partial charge >= 0.3 is 0 Å². The van der Waals surface area contributed by atoms with Gasteiger partial charge in [0, 0.05) is 32.5 Å². The molecule has 0 spiro atoms. The van der Waals surface area contributed by atoms with Crippen LogP contribution in [0.2, 0.25) is 0 Å². The lowest BCUT2D eigenvalue weighted by molar-refractivity contribution is -0.156. The van der Waals surface area contributed by atoms with Crippen molar-refractivity contribution in [2.45, 2.75) is 37.4 Å². The van der Waals surface area contributed by atoms with Gasteiger partial charge in [-0.3, -0.25) is 4.79 Å². The Hall–Kier alpha value is -1.43. The minimum absolute atomic E-state index is 0.0614. The van der Waals surface area contributed by atoms with Crippen LogP contribution in [0.3, 0.4) is 0 Å². The summed E-state index contributed by atoms with van der Waals surface area (Å²) in [5.41, 5.74) is 1.36. The van der Waals surface area contributed by atoms with Crippen molar-refractivity contribution in [2.75, 3.05) is 33.4 Å². The lowest BCUT2D eigenvalue weighted by Gasteiger charge is -2.38. The van der Waals surface area contributed by atoms with E-state index in [0.717, 1.165) is 31.5 Å². The predicted molar refractivity (Wildman–Crippen MR) is 86.1 cm³/mol. The summed E-state index contributed by atoms with van der Waals surface area (Å²) in [4.78, 5) is 14.9. The third kappa shape index (κ3) is 3.27. The van der Waals surface area contributed by atoms with E-state index in [2.05, 4.69) is 12.1 Å². The molecular weight excluding hydrogens is 294 g/mol. The highest BCUT2D eigenvalue weighted by atomic mass is 16.6. The number of nitrogens with zero attached hydrogens (tertiary/aromatic N) is 1. The Balaban J connectivity index is 1.71. The summed E-state index contributed by atoms with van der Waals surface area (Å²) in [5.74, 6) is 0.408. The molecule has 2 heterocycles. The third-order valence-electron chi connectivity index (χ3n) is 5.11. The van der Waals surface area contributed by atoms with Gasteiger partial charge in [0.2, 0.25) is 0 Å². The lowest BCUT2D eigenvalue weighted by atomic mass is 9.89. The zero-order valence-corrected chi connectivity index (χ0v) is 13.7. The van der Waals surface area contributed by atoms with Crippen molar-refractivity contribution in [1.82, 2.24) is 4.90 Å². The molecule has 0 radical (unpaired) electrons. The summed E-state index contributed by atoms with van der Waals surface area (Å²) in [7, 11) is 1.60. The normalized spacial score (nSPS) is 28.1. The number of hydrogen-bond acceptors (Lipinski definition) is 4. The van der Waals surface area contributed by atoms with Crippen molar-refractivity contribution >= 4 is 5.91 Å². The van der Waals surface area contributed by atoms with Crippen molar-refractivity contribution in [3.63, 3.8) is 0 Å². The van der Waals surface area contributed by atoms with E-state index < -0.39 is 5.60 Å². The number of benzene rings is 1. The molecule has 0 saturated carbocycles. The average Bonchev–Trinajstić information content (AvgIpc) is 3.11. The fourth-order valence-corrected chi connectivity index (χ4v) is 3.58. The second-order valence-corrected chi connectivity index (χ2v) is 6.49. The highest BCUT2D eigenvalue weighted by Crippen LogP contribution is 2.31. The number of piperidine rings is 1. The van der Waals surface area contributed by atoms with E-state index in [1.165, 1.54) is 5.56 Å². The molecule has 0 bridgehead atoms. The van der Waals surface area contributed by atoms with E-state index in [1.807, 2.05) is 17.0 Å². The van der Waals surface area contributed by atoms with E-state index in [1.54, 1.807) is 7.11 Å². The first-order chi connectivity index (χ1) is 11.2. The first-order valence-electron chi connectivity index (χ1n) is 8.30. The van der Waals surface area contributed by atoms with E-state index >= 15 is 0 Å². The standard InChI is InChI=1S/C18H25NO4/c1-22-18(8-10-23-13-18)17(21)19-9-2-3-16(11-19)15-6-4-14(12-20)5-7-15/h4-7,16,20H,2-3,8-13H2,1H3. The van der Waals surface area contributed by atoms with Crippen LogP contribution < -0.4 is 0 Å². The maximum absolute atomic E-state index is 12.9. The molecule has 0 aliphatic carbocycles. The number of carbonyl (C=O) groups excluding carboxylic acids is 1. The van der Waals surface area contributed by atoms with E-state index in [0.29, 0.717) is 25.6 Å². The molecule has 1 aromatic carbocycles. The maximum Gasteiger partial charge on any atom is 0.257 e. The predicted octanol–water partition coefficient (Wildman–Crippen LogP) is 1.69.